The fourth-order valence-electron chi connectivity index (χ4n) is 2.19. The Morgan fingerprint density at radius 2 is 2.15 bits per heavy atom. The van der Waals surface area contributed by atoms with Crippen LogP contribution in [0.4, 0.5) is 0 Å². The van der Waals surface area contributed by atoms with E-state index >= 15 is 0 Å². The standard InChI is InChI=1S/C15H21ClN4/c1-4-18-15(13-5-7-17-10-14(13)16)9-12-6-8-20(19-12)11(2)3/h5-8,10-11,15,18H,4,9H2,1-3H3. The Labute approximate surface area is 125 Å². The van der Waals surface area contributed by atoms with Crippen molar-refractivity contribution in [3.8, 4) is 0 Å². The number of hydrogen-bond acceptors (Lipinski definition) is 3. The van der Waals surface area contributed by atoms with E-state index in [9.17, 15) is 0 Å². The first kappa shape index (κ1) is 15.0. The summed E-state index contributed by atoms with van der Waals surface area (Å²) < 4.78 is 1.98. The van der Waals surface area contributed by atoms with Crippen LogP contribution in [0.2, 0.25) is 5.02 Å². The molecule has 0 spiro atoms. The first-order valence-electron chi connectivity index (χ1n) is 6.98. The SMILES string of the molecule is CCNC(Cc1ccn(C(C)C)n1)c1ccncc1Cl. The molecule has 2 rings (SSSR count). The van der Waals surface area contributed by atoms with Crippen molar-refractivity contribution < 1.29 is 0 Å². The second-order valence-electron chi connectivity index (χ2n) is 5.09. The third-order valence-corrected chi connectivity index (χ3v) is 3.55. The Balaban J connectivity index is 2.19. The Morgan fingerprint density at radius 1 is 1.35 bits per heavy atom. The molecule has 2 aromatic rings. The van der Waals surface area contributed by atoms with E-state index in [0.29, 0.717) is 11.1 Å². The summed E-state index contributed by atoms with van der Waals surface area (Å²) in [4.78, 5) is 4.04. The smallest absolute Gasteiger partial charge is 0.0643 e. The summed E-state index contributed by atoms with van der Waals surface area (Å²) in [6.07, 6.45) is 6.31. The molecule has 108 valence electrons. The monoisotopic (exact) mass is 292 g/mol. The maximum atomic E-state index is 6.25. The number of nitrogens with zero attached hydrogens (tertiary/aromatic N) is 3. The normalized spacial score (nSPS) is 12.8. The second kappa shape index (κ2) is 6.86. The molecule has 0 aromatic carbocycles. The molecule has 0 bridgehead atoms. The van der Waals surface area contributed by atoms with Crippen LogP contribution in [0.1, 0.15) is 44.1 Å². The van der Waals surface area contributed by atoms with Gasteiger partial charge in [0, 0.05) is 37.1 Å². The van der Waals surface area contributed by atoms with Gasteiger partial charge in [0.05, 0.1) is 10.7 Å². The van der Waals surface area contributed by atoms with Gasteiger partial charge in [0.1, 0.15) is 0 Å². The van der Waals surface area contributed by atoms with Crippen LogP contribution < -0.4 is 5.32 Å². The lowest BCUT2D eigenvalue weighted by Gasteiger charge is -2.18. The zero-order valence-corrected chi connectivity index (χ0v) is 12.9. The molecule has 2 heterocycles. The van der Waals surface area contributed by atoms with Crippen molar-refractivity contribution in [3.63, 3.8) is 0 Å². The van der Waals surface area contributed by atoms with Gasteiger partial charge in [0.2, 0.25) is 0 Å². The number of likely N-dealkylation sites (N-methyl/N-ethyl adjacent to an activating group) is 1. The predicted octanol–water partition coefficient (Wildman–Crippen LogP) is 3.41. The van der Waals surface area contributed by atoms with Crippen LogP contribution in [0.15, 0.2) is 30.7 Å². The largest absolute Gasteiger partial charge is 0.310 e. The minimum absolute atomic E-state index is 0.158. The lowest BCUT2D eigenvalue weighted by molar-refractivity contribution is 0.506. The van der Waals surface area contributed by atoms with Crippen molar-refractivity contribution in [1.29, 1.82) is 0 Å². The Bertz CT molecular complexity index is 550. The number of halogens is 1. The summed E-state index contributed by atoms with van der Waals surface area (Å²) in [6, 6.07) is 4.58. The third-order valence-electron chi connectivity index (χ3n) is 3.24. The van der Waals surface area contributed by atoms with Gasteiger partial charge >= 0.3 is 0 Å². The van der Waals surface area contributed by atoms with Gasteiger partial charge in [0.15, 0.2) is 0 Å². The van der Waals surface area contributed by atoms with Crippen molar-refractivity contribution in [1.82, 2.24) is 20.1 Å². The van der Waals surface area contributed by atoms with Gasteiger partial charge in [0.25, 0.3) is 0 Å². The molecule has 0 saturated heterocycles. The third kappa shape index (κ3) is 3.58. The van der Waals surface area contributed by atoms with E-state index in [-0.39, 0.29) is 6.04 Å². The molecule has 1 atom stereocenters. The van der Waals surface area contributed by atoms with Gasteiger partial charge < -0.3 is 5.32 Å². The van der Waals surface area contributed by atoms with Gasteiger partial charge in [-0.25, -0.2) is 0 Å². The van der Waals surface area contributed by atoms with Gasteiger partial charge in [-0.15, -0.1) is 0 Å². The van der Waals surface area contributed by atoms with Crippen LogP contribution >= 0.6 is 11.6 Å². The Kier molecular flexibility index (Phi) is 5.15. The van der Waals surface area contributed by atoms with Crippen molar-refractivity contribution in [2.24, 2.45) is 0 Å². The summed E-state index contributed by atoms with van der Waals surface area (Å²) in [7, 11) is 0. The first-order chi connectivity index (χ1) is 9.61. The lowest BCUT2D eigenvalue weighted by Crippen LogP contribution is -2.23. The maximum Gasteiger partial charge on any atom is 0.0643 e. The molecular weight excluding hydrogens is 272 g/mol. The molecule has 0 aliphatic carbocycles. The number of aromatic nitrogens is 3. The average Bonchev–Trinajstić information content (AvgIpc) is 2.88. The molecule has 0 radical (unpaired) electrons. The summed E-state index contributed by atoms with van der Waals surface area (Å²) in [5.41, 5.74) is 2.14. The highest BCUT2D eigenvalue weighted by Crippen LogP contribution is 2.24. The van der Waals surface area contributed by atoms with Crippen molar-refractivity contribution >= 4 is 11.6 Å². The highest BCUT2D eigenvalue weighted by atomic mass is 35.5. The van der Waals surface area contributed by atoms with Crippen LogP contribution in [-0.4, -0.2) is 21.3 Å². The minimum Gasteiger partial charge on any atom is -0.310 e. The number of nitrogens with one attached hydrogen (secondary N) is 1. The van der Waals surface area contributed by atoms with Gasteiger partial charge in [-0.2, -0.15) is 5.10 Å². The second-order valence-corrected chi connectivity index (χ2v) is 5.50. The molecule has 0 aliphatic heterocycles. The zero-order chi connectivity index (χ0) is 14.5. The minimum atomic E-state index is 0.158. The van der Waals surface area contributed by atoms with Gasteiger partial charge in [-0.3, -0.25) is 9.67 Å². The van der Waals surface area contributed by atoms with E-state index in [1.807, 2.05) is 16.9 Å². The van der Waals surface area contributed by atoms with Crippen LogP contribution in [0.5, 0.6) is 0 Å². The summed E-state index contributed by atoms with van der Waals surface area (Å²) in [5.74, 6) is 0. The zero-order valence-electron chi connectivity index (χ0n) is 12.2. The molecule has 0 fully saturated rings. The van der Waals surface area contributed by atoms with Crippen molar-refractivity contribution in [2.45, 2.75) is 39.3 Å². The van der Waals surface area contributed by atoms with Crippen molar-refractivity contribution in [2.75, 3.05) is 6.54 Å². The predicted molar refractivity (Wildman–Crippen MR) is 82.0 cm³/mol. The fraction of sp³-hybridized carbons (Fsp3) is 0.467. The molecule has 2 aromatic heterocycles. The quantitative estimate of drug-likeness (QED) is 0.887. The molecule has 20 heavy (non-hydrogen) atoms. The van der Waals surface area contributed by atoms with Crippen LogP contribution in [0.3, 0.4) is 0 Å². The van der Waals surface area contributed by atoms with E-state index < -0.39 is 0 Å². The van der Waals surface area contributed by atoms with Crippen molar-refractivity contribution in [3.05, 3.63) is 47.0 Å². The van der Waals surface area contributed by atoms with E-state index in [1.165, 1.54) is 0 Å². The lowest BCUT2D eigenvalue weighted by atomic mass is 10.0. The first-order valence-corrected chi connectivity index (χ1v) is 7.36. The van der Waals surface area contributed by atoms with Gasteiger partial charge in [-0.1, -0.05) is 18.5 Å². The van der Waals surface area contributed by atoms with Crippen LogP contribution in [-0.2, 0) is 6.42 Å². The van der Waals surface area contributed by atoms with E-state index in [2.05, 4.69) is 42.2 Å². The van der Waals surface area contributed by atoms with Crippen LogP contribution in [0, 0.1) is 0 Å². The number of hydrogen-bond donors (Lipinski definition) is 1. The summed E-state index contributed by atoms with van der Waals surface area (Å²) >= 11 is 6.25. The molecule has 4 nitrogen and oxygen atoms in total. The van der Waals surface area contributed by atoms with Gasteiger partial charge in [-0.05, 0) is 38.1 Å². The molecule has 5 heteroatoms. The summed E-state index contributed by atoms with van der Waals surface area (Å²) in [5, 5.41) is 8.77. The van der Waals surface area contributed by atoms with Crippen LogP contribution in [0.25, 0.3) is 0 Å². The van der Waals surface area contributed by atoms with E-state index in [0.717, 1.165) is 24.2 Å². The maximum absolute atomic E-state index is 6.25. The highest BCUT2D eigenvalue weighted by Gasteiger charge is 2.16. The Hall–Kier alpha value is -1.39. The topological polar surface area (TPSA) is 42.7 Å². The molecular formula is C15H21ClN4. The Morgan fingerprint density at radius 3 is 2.75 bits per heavy atom. The molecule has 0 saturated carbocycles. The van der Waals surface area contributed by atoms with E-state index in [1.54, 1.807) is 12.4 Å². The number of pyridine rings is 1. The fourth-order valence-corrected chi connectivity index (χ4v) is 2.44. The van der Waals surface area contributed by atoms with E-state index in [4.69, 9.17) is 11.6 Å². The number of rotatable bonds is 6. The molecule has 0 aliphatic rings. The molecule has 1 unspecified atom stereocenters. The summed E-state index contributed by atoms with van der Waals surface area (Å²) in [6.45, 7) is 7.22. The molecule has 0 amide bonds. The average molecular weight is 293 g/mol. The molecule has 1 N–H and O–H groups in total. The highest BCUT2D eigenvalue weighted by molar-refractivity contribution is 6.31.